The van der Waals surface area contributed by atoms with Gasteiger partial charge in [0.1, 0.15) is 6.54 Å². The Labute approximate surface area is 167 Å². The lowest BCUT2D eigenvalue weighted by molar-refractivity contribution is -1.03. The van der Waals surface area contributed by atoms with Crippen molar-refractivity contribution in [2.24, 2.45) is 0 Å². The second-order valence-corrected chi connectivity index (χ2v) is 8.70. The summed E-state index contributed by atoms with van der Waals surface area (Å²) in [6.07, 6.45) is 0.166. The Bertz CT molecular complexity index is 911. The number of benzene rings is 1. The molecule has 0 aliphatic carbocycles. The van der Waals surface area contributed by atoms with Crippen molar-refractivity contribution >= 4 is 39.4 Å². The van der Waals surface area contributed by atoms with Crippen molar-refractivity contribution in [3.63, 3.8) is 0 Å². The fourth-order valence-electron chi connectivity index (χ4n) is 3.62. The summed E-state index contributed by atoms with van der Waals surface area (Å²) >= 11 is 6.06. The van der Waals surface area contributed by atoms with Crippen molar-refractivity contribution in [3.05, 3.63) is 29.3 Å². The van der Waals surface area contributed by atoms with Gasteiger partial charge in [0.05, 0.1) is 37.9 Å². The summed E-state index contributed by atoms with van der Waals surface area (Å²) in [6.45, 7) is 0.0153. The van der Waals surface area contributed by atoms with Gasteiger partial charge in [-0.1, -0.05) is 27.7 Å². The van der Waals surface area contributed by atoms with E-state index in [1.807, 2.05) is 0 Å². The fraction of sp³-hybridized carbons (Fsp3) is 0.500. The number of ether oxygens (including phenoxy) is 2. The number of aliphatic hydroxyl groups is 1. The summed E-state index contributed by atoms with van der Waals surface area (Å²) in [5.74, 6) is -1.77. The minimum Gasteiger partial charge on any atom is -0.468 e. The van der Waals surface area contributed by atoms with Crippen LogP contribution >= 0.6 is 11.6 Å². The van der Waals surface area contributed by atoms with E-state index in [1.54, 1.807) is 12.1 Å². The van der Waals surface area contributed by atoms with Crippen LogP contribution in [0.1, 0.15) is 12.8 Å². The number of nitrogens with zero attached hydrogens (tertiary/aromatic N) is 2. The first-order valence-corrected chi connectivity index (χ1v) is 10.3. The van der Waals surface area contributed by atoms with E-state index in [4.69, 9.17) is 16.3 Å². The summed E-state index contributed by atoms with van der Waals surface area (Å²) < 4.78 is 37.4. The Balaban J connectivity index is 2.09. The summed E-state index contributed by atoms with van der Waals surface area (Å²) in [4.78, 5) is 24.4. The normalized spacial score (nSPS) is 29.9. The van der Waals surface area contributed by atoms with E-state index < -0.39 is 37.9 Å². The van der Waals surface area contributed by atoms with Crippen LogP contribution in [0.2, 0.25) is 5.02 Å². The smallest absolute Gasteiger partial charge is 0.415 e. The monoisotopic (exact) mass is 434 g/mol. The lowest BCUT2D eigenvalue weighted by Crippen LogP contribution is -2.88. The molecule has 2 aliphatic heterocycles. The highest BCUT2D eigenvalue weighted by atomic mass is 35.5. The summed E-state index contributed by atoms with van der Waals surface area (Å²) in [7, 11) is -2.25. The Kier molecular flexibility index (Phi) is 5.32. The molecule has 2 saturated heterocycles. The number of esters is 2. The number of quaternary nitrogens is 1. The van der Waals surface area contributed by atoms with Gasteiger partial charge in [-0.3, -0.25) is 4.79 Å². The maximum absolute atomic E-state index is 13.4. The van der Waals surface area contributed by atoms with Crippen LogP contribution in [0, 0.1) is 0 Å². The number of rotatable bonds is 6. The number of carbonyl (C=O) groups is 2. The molecule has 1 aromatic carbocycles. The summed E-state index contributed by atoms with van der Waals surface area (Å²) in [6, 6.07) is 5.22. The third-order valence-corrected chi connectivity index (χ3v) is 7.54. The van der Waals surface area contributed by atoms with E-state index in [0.29, 0.717) is 6.42 Å². The largest absolute Gasteiger partial charge is 0.468 e. The van der Waals surface area contributed by atoms with Gasteiger partial charge in [0, 0.05) is 0 Å². The number of hydrogen-bond donors (Lipinski definition) is 2. The molecule has 2 N–H and O–H groups in total. The lowest BCUT2D eigenvalue weighted by atomic mass is 9.97. The van der Waals surface area contributed by atoms with Crippen molar-refractivity contribution < 1.29 is 36.6 Å². The average molecular weight is 435 g/mol. The molecular formula is C16H21ClN3O7S+. The van der Waals surface area contributed by atoms with Crippen LogP contribution in [0.4, 0.5) is 5.69 Å². The molecule has 0 radical (unpaired) electrons. The predicted octanol–water partition coefficient (Wildman–Crippen LogP) is 0.241. The van der Waals surface area contributed by atoms with Gasteiger partial charge in [0.25, 0.3) is 0 Å². The second kappa shape index (κ2) is 7.16. The van der Waals surface area contributed by atoms with Gasteiger partial charge in [-0.25, -0.2) is 9.52 Å². The SMILES string of the molecule is COC(=O)C1CCN1[N+]1(S(=O)(=O)Nc2ccccc2Cl)CCC1(O)C(=O)OC. The Morgan fingerprint density at radius 2 is 2.00 bits per heavy atom. The molecule has 0 spiro atoms. The van der Waals surface area contributed by atoms with Crippen molar-refractivity contribution in [1.29, 1.82) is 0 Å². The molecule has 3 atom stereocenters. The Hall–Kier alpha value is -1.92. The molecule has 0 bridgehead atoms. The molecule has 0 amide bonds. The standard InChI is InChI=1S/C16H21ClN3O7S/c1-26-14(21)13-7-9-19(13)20(10-8-16(20,23)15(22)27-2)28(24,25)18-12-6-4-3-5-11(12)17/h3-6,13,18,23H,7-10H2,1-2H3/q+1. The fourth-order valence-corrected chi connectivity index (χ4v) is 5.83. The predicted molar refractivity (Wildman–Crippen MR) is 97.8 cm³/mol. The number of nitrogens with one attached hydrogen (secondary N) is 1. The first-order chi connectivity index (χ1) is 13.1. The number of anilines is 1. The van der Waals surface area contributed by atoms with Gasteiger partial charge in [0.2, 0.25) is 0 Å². The highest BCUT2D eigenvalue weighted by Crippen LogP contribution is 2.48. The molecule has 3 unspecified atom stereocenters. The van der Waals surface area contributed by atoms with E-state index in [1.165, 1.54) is 24.3 Å². The topological polar surface area (TPSA) is 122 Å². The maximum atomic E-state index is 13.4. The first kappa shape index (κ1) is 20.8. The van der Waals surface area contributed by atoms with Crippen LogP contribution in [0.5, 0.6) is 0 Å². The highest BCUT2D eigenvalue weighted by Gasteiger charge is 2.78. The van der Waals surface area contributed by atoms with Gasteiger partial charge in [-0.15, -0.1) is 13.4 Å². The summed E-state index contributed by atoms with van der Waals surface area (Å²) in [5, 5.41) is 12.4. The molecule has 0 aromatic heterocycles. The van der Waals surface area contributed by atoms with E-state index in [9.17, 15) is 23.1 Å². The molecule has 12 heteroatoms. The van der Waals surface area contributed by atoms with Crippen LogP contribution in [-0.2, 0) is 29.3 Å². The summed E-state index contributed by atoms with van der Waals surface area (Å²) in [5.41, 5.74) is -2.33. The molecule has 154 valence electrons. The minimum absolute atomic E-state index is 0.0796. The van der Waals surface area contributed by atoms with Gasteiger partial charge in [-0.2, -0.15) is 0 Å². The van der Waals surface area contributed by atoms with Gasteiger partial charge < -0.3 is 14.6 Å². The third kappa shape index (κ3) is 2.77. The highest BCUT2D eigenvalue weighted by molar-refractivity contribution is 7.87. The van der Waals surface area contributed by atoms with Crippen molar-refractivity contribution in [3.8, 4) is 0 Å². The molecule has 2 fully saturated rings. The van der Waals surface area contributed by atoms with Crippen LogP contribution in [0.15, 0.2) is 24.3 Å². The van der Waals surface area contributed by atoms with E-state index >= 15 is 0 Å². The van der Waals surface area contributed by atoms with E-state index in [2.05, 4.69) is 9.46 Å². The van der Waals surface area contributed by atoms with Crippen LogP contribution in [0.3, 0.4) is 0 Å². The van der Waals surface area contributed by atoms with Crippen LogP contribution in [0.25, 0.3) is 0 Å². The second-order valence-electron chi connectivity index (χ2n) is 6.53. The zero-order valence-corrected chi connectivity index (χ0v) is 16.9. The molecule has 1 aromatic rings. The molecule has 10 nitrogen and oxygen atoms in total. The van der Waals surface area contributed by atoms with Crippen molar-refractivity contribution in [2.75, 3.05) is 32.0 Å². The Morgan fingerprint density at radius 1 is 1.32 bits per heavy atom. The van der Waals surface area contributed by atoms with Crippen LogP contribution in [-0.4, -0.2) is 73.5 Å². The molecular weight excluding hydrogens is 414 g/mol. The quantitative estimate of drug-likeness (QED) is 0.482. The number of para-hydroxylation sites is 1. The van der Waals surface area contributed by atoms with Crippen LogP contribution < -0.4 is 4.72 Å². The number of halogens is 1. The van der Waals surface area contributed by atoms with Crippen molar-refractivity contribution in [2.45, 2.75) is 24.6 Å². The van der Waals surface area contributed by atoms with Crippen molar-refractivity contribution in [1.82, 2.24) is 5.01 Å². The zero-order chi connectivity index (χ0) is 20.7. The number of methoxy groups -OCH3 is 2. The lowest BCUT2D eigenvalue weighted by Gasteiger charge is -2.60. The van der Waals surface area contributed by atoms with Gasteiger partial charge in [0.15, 0.2) is 6.04 Å². The zero-order valence-electron chi connectivity index (χ0n) is 15.3. The molecule has 2 heterocycles. The number of hydrogen-bond acceptors (Lipinski definition) is 8. The average Bonchev–Trinajstić information content (AvgIpc) is 2.63. The third-order valence-electron chi connectivity index (χ3n) is 5.24. The number of carbonyl (C=O) groups excluding carboxylic acids is 2. The molecule has 0 saturated carbocycles. The van der Waals surface area contributed by atoms with E-state index in [0.717, 1.165) is 7.11 Å². The van der Waals surface area contributed by atoms with Gasteiger partial charge in [-0.05, 0) is 18.6 Å². The van der Waals surface area contributed by atoms with E-state index in [-0.39, 0.29) is 30.2 Å². The molecule has 2 aliphatic rings. The molecule has 28 heavy (non-hydrogen) atoms. The molecule has 3 rings (SSSR count). The van der Waals surface area contributed by atoms with Gasteiger partial charge >= 0.3 is 27.9 Å². The Morgan fingerprint density at radius 3 is 2.46 bits per heavy atom. The maximum Gasteiger partial charge on any atom is 0.415 e. The first-order valence-electron chi connectivity index (χ1n) is 8.46. The minimum atomic E-state index is -4.49.